The van der Waals surface area contributed by atoms with Gasteiger partial charge in [-0.05, 0) is 16.7 Å². The Labute approximate surface area is 182 Å². The fraction of sp³-hybridized carbons (Fsp3) is 0.208. The highest BCUT2D eigenvalue weighted by Gasteiger charge is 2.58. The van der Waals surface area contributed by atoms with E-state index in [0.717, 1.165) is 6.26 Å². The minimum absolute atomic E-state index is 0.614. The molecule has 7 heteroatoms. The maximum Gasteiger partial charge on any atom is 0.329 e. The molecule has 0 fully saturated rings. The van der Waals surface area contributed by atoms with E-state index in [-0.39, 0.29) is 0 Å². The molecule has 0 spiro atoms. The van der Waals surface area contributed by atoms with Crippen LogP contribution in [0.25, 0.3) is 0 Å². The molecule has 0 aliphatic carbocycles. The molecule has 0 aliphatic heterocycles. The predicted molar refractivity (Wildman–Crippen MR) is 119 cm³/mol. The SMILES string of the molecule is COC(=O)C(N)(COS(C)(=O)=O)C(c1ccccc1)(c1ccccc1)c1ccccc1. The fourth-order valence-corrected chi connectivity index (χ4v) is 4.44. The second-order valence-electron chi connectivity index (χ2n) is 7.28. The van der Waals surface area contributed by atoms with E-state index in [1.165, 1.54) is 7.11 Å². The number of methoxy groups -OCH3 is 1. The summed E-state index contributed by atoms with van der Waals surface area (Å²) in [7, 11) is -2.68. The molecule has 1 unspecified atom stereocenters. The summed E-state index contributed by atoms with van der Waals surface area (Å²) in [4.78, 5) is 13.3. The van der Waals surface area contributed by atoms with Crippen LogP contribution in [0.4, 0.5) is 0 Å². The van der Waals surface area contributed by atoms with Gasteiger partial charge in [-0.15, -0.1) is 0 Å². The predicted octanol–water partition coefficient (Wildman–Crippen LogP) is 2.87. The lowest BCUT2D eigenvalue weighted by molar-refractivity contribution is -0.150. The van der Waals surface area contributed by atoms with Gasteiger partial charge in [-0.3, -0.25) is 4.18 Å². The summed E-state index contributed by atoms with van der Waals surface area (Å²) < 4.78 is 34.0. The van der Waals surface area contributed by atoms with Gasteiger partial charge in [0.15, 0.2) is 5.54 Å². The summed E-state index contributed by atoms with van der Waals surface area (Å²) in [6.45, 7) is -0.614. The van der Waals surface area contributed by atoms with E-state index < -0.39 is 33.6 Å². The lowest BCUT2D eigenvalue weighted by atomic mass is 9.58. The maximum atomic E-state index is 13.3. The van der Waals surface area contributed by atoms with Crippen LogP contribution in [-0.2, 0) is 29.2 Å². The average Bonchev–Trinajstić information content (AvgIpc) is 2.79. The number of nitrogens with two attached hydrogens (primary N) is 1. The number of hydrogen-bond donors (Lipinski definition) is 1. The highest BCUT2D eigenvalue weighted by molar-refractivity contribution is 7.86. The Morgan fingerprint density at radius 2 is 1.16 bits per heavy atom. The van der Waals surface area contributed by atoms with Crippen molar-refractivity contribution >= 4 is 16.1 Å². The first-order chi connectivity index (χ1) is 14.8. The minimum Gasteiger partial charge on any atom is -0.468 e. The fourth-order valence-electron chi connectivity index (χ4n) is 4.04. The Balaban J connectivity index is 2.47. The smallest absolute Gasteiger partial charge is 0.329 e. The van der Waals surface area contributed by atoms with E-state index in [0.29, 0.717) is 16.7 Å². The molecule has 1 atom stereocenters. The molecule has 0 radical (unpaired) electrons. The van der Waals surface area contributed by atoms with Crippen molar-refractivity contribution in [3.8, 4) is 0 Å². The third kappa shape index (κ3) is 4.25. The molecule has 0 saturated carbocycles. The Morgan fingerprint density at radius 3 is 1.45 bits per heavy atom. The molecule has 0 heterocycles. The van der Waals surface area contributed by atoms with Gasteiger partial charge in [0.2, 0.25) is 0 Å². The summed E-state index contributed by atoms with van der Waals surface area (Å²) in [5.74, 6) is -0.798. The average molecular weight is 440 g/mol. The van der Waals surface area contributed by atoms with E-state index in [4.69, 9.17) is 14.7 Å². The lowest BCUT2D eigenvalue weighted by Gasteiger charge is -2.47. The van der Waals surface area contributed by atoms with Gasteiger partial charge in [0.1, 0.15) is 0 Å². The first-order valence-corrected chi connectivity index (χ1v) is 11.5. The first-order valence-electron chi connectivity index (χ1n) is 9.64. The number of rotatable bonds is 8. The van der Waals surface area contributed by atoms with Crippen molar-refractivity contribution in [1.29, 1.82) is 0 Å². The molecule has 0 amide bonds. The number of esters is 1. The zero-order valence-electron chi connectivity index (χ0n) is 17.4. The van der Waals surface area contributed by atoms with Crippen molar-refractivity contribution in [3.05, 3.63) is 108 Å². The van der Waals surface area contributed by atoms with Crippen LogP contribution in [0.5, 0.6) is 0 Å². The van der Waals surface area contributed by atoms with Crippen molar-refractivity contribution in [2.45, 2.75) is 11.0 Å². The van der Waals surface area contributed by atoms with Crippen LogP contribution in [0.3, 0.4) is 0 Å². The molecule has 3 aromatic rings. The topological polar surface area (TPSA) is 95.7 Å². The molecule has 31 heavy (non-hydrogen) atoms. The molecule has 0 saturated heterocycles. The van der Waals surface area contributed by atoms with E-state index in [9.17, 15) is 13.2 Å². The van der Waals surface area contributed by atoms with Crippen molar-refractivity contribution in [1.82, 2.24) is 0 Å². The number of carbonyl (C=O) groups excluding carboxylic acids is 1. The van der Waals surface area contributed by atoms with Crippen molar-refractivity contribution in [2.75, 3.05) is 20.0 Å². The van der Waals surface area contributed by atoms with E-state index in [1.807, 2.05) is 91.0 Å². The molecular weight excluding hydrogens is 414 g/mol. The Kier molecular flexibility index (Phi) is 6.59. The van der Waals surface area contributed by atoms with Crippen molar-refractivity contribution in [3.63, 3.8) is 0 Å². The van der Waals surface area contributed by atoms with Crippen LogP contribution in [-0.4, -0.2) is 39.9 Å². The van der Waals surface area contributed by atoms with Crippen LogP contribution in [0, 0.1) is 0 Å². The number of ether oxygens (including phenoxy) is 1. The van der Waals surface area contributed by atoms with Crippen LogP contribution in [0.15, 0.2) is 91.0 Å². The van der Waals surface area contributed by atoms with Gasteiger partial charge in [0.25, 0.3) is 10.1 Å². The third-order valence-electron chi connectivity index (χ3n) is 5.34. The summed E-state index contributed by atoms with van der Waals surface area (Å²) in [5, 5.41) is 0. The molecule has 3 rings (SSSR count). The van der Waals surface area contributed by atoms with Gasteiger partial charge >= 0.3 is 5.97 Å². The highest BCUT2D eigenvalue weighted by atomic mass is 32.2. The summed E-state index contributed by atoms with van der Waals surface area (Å²) in [6.07, 6.45) is 0.917. The van der Waals surface area contributed by atoms with E-state index in [2.05, 4.69) is 0 Å². The quantitative estimate of drug-likeness (QED) is 0.329. The Morgan fingerprint density at radius 1 is 0.806 bits per heavy atom. The van der Waals surface area contributed by atoms with Crippen LogP contribution in [0.1, 0.15) is 16.7 Å². The standard InChI is InChI=1S/C24H25NO5S/c1-29-22(26)23(25,18-30-31(2,27)28)24(19-12-6-3-7-13-19,20-14-8-4-9-15-20)21-16-10-5-11-17-21/h3-17H,18,25H2,1-2H3. The van der Waals surface area contributed by atoms with Crippen molar-refractivity contribution < 1.29 is 22.1 Å². The summed E-state index contributed by atoms with van der Waals surface area (Å²) in [6, 6.07) is 27.7. The number of benzene rings is 3. The first kappa shape index (κ1) is 22.7. The molecule has 6 nitrogen and oxygen atoms in total. The van der Waals surface area contributed by atoms with Gasteiger partial charge in [0.05, 0.1) is 25.4 Å². The van der Waals surface area contributed by atoms with Crippen LogP contribution in [0.2, 0.25) is 0 Å². The molecule has 162 valence electrons. The monoisotopic (exact) mass is 439 g/mol. The van der Waals surface area contributed by atoms with E-state index in [1.54, 1.807) is 0 Å². The molecular formula is C24H25NO5S. The normalized spacial score (nSPS) is 13.9. The lowest BCUT2D eigenvalue weighted by Crippen LogP contribution is -2.67. The Hall–Kier alpha value is -3.00. The number of hydrogen-bond acceptors (Lipinski definition) is 6. The maximum absolute atomic E-state index is 13.3. The largest absolute Gasteiger partial charge is 0.468 e. The minimum atomic E-state index is -3.89. The zero-order chi connectivity index (χ0) is 22.5. The Bertz CT molecular complexity index is 1020. The molecule has 0 aromatic heterocycles. The third-order valence-corrected chi connectivity index (χ3v) is 5.89. The molecule has 2 N–H and O–H groups in total. The second kappa shape index (κ2) is 9.01. The zero-order valence-corrected chi connectivity index (χ0v) is 18.2. The second-order valence-corrected chi connectivity index (χ2v) is 8.92. The van der Waals surface area contributed by atoms with Crippen molar-refractivity contribution in [2.24, 2.45) is 5.73 Å². The van der Waals surface area contributed by atoms with Gasteiger partial charge in [-0.2, -0.15) is 8.42 Å². The van der Waals surface area contributed by atoms with Gasteiger partial charge in [-0.1, -0.05) is 91.0 Å². The highest BCUT2D eigenvalue weighted by Crippen LogP contribution is 2.47. The van der Waals surface area contributed by atoms with Crippen LogP contribution < -0.4 is 5.73 Å². The van der Waals surface area contributed by atoms with Crippen LogP contribution >= 0.6 is 0 Å². The summed E-state index contributed by atoms with van der Waals surface area (Å²) in [5.41, 5.74) is 5.71. The van der Waals surface area contributed by atoms with Gasteiger partial charge in [-0.25, -0.2) is 4.79 Å². The molecule has 3 aromatic carbocycles. The molecule has 0 bridgehead atoms. The van der Waals surface area contributed by atoms with Gasteiger partial charge in [0, 0.05) is 0 Å². The molecule has 0 aliphatic rings. The van der Waals surface area contributed by atoms with E-state index >= 15 is 0 Å². The summed E-state index contributed by atoms with van der Waals surface area (Å²) >= 11 is 0. The van der Waals surface area contributed by atoms with Gasteiger partial charge < -0.3 is 10.5 Å². The number of carbonyl (C=O) groups is 1.